The molecule has 3 aromatic rings. The lowest BCUT2D eigenvalue weighted by molar-refractivity contribution is 0.970. The third-order valence-electron chi connectivity index (χ3n) is 3.14. The van der Waals surface area contributed by atoms with Crippen molar-refractivity contribution in [1.82, 2.24) is 15.0 Å². The molecule has 0 fully saturated rings. The van der Waals surface area contributed by atoms with Crippen molar-refractivity contribution in [2.45, 2.75) is 13.3 Å². The number of H-pyrrole nitrogens is 1. The first-order chi connectivity index (χ1) is 9.69. The van der Waals surface area contributed by atoms with Crippen LogP contribution < -0.4 is 5.56 Å². The van der Waals surface area contributed by atoms with Crippen LogP contribution in [-0.2, 0) is 6.42 Å². The highest BCUT2D eigenvalue weighted by Crippen LogP contribution is 2.21. The summed E-state index contributed by atoms with van der Waals surface area (Å²) in [6, 6.07) is 9.71. The van der Waals surface area contributed by atoms with E-state index in [1.54, 1.807) is 6.20 Å². The molecular formula is C15H12BrN3O. The Morgan fingerprint density at radius 2 is 2.15 bits per heavy atom. The maximum atomic E-state index is 11.9. The van der Waals surface area contributed by atoms with Gasteiger partial charge in [-0.2, -0.15) is 0 Å². The van der Waals surface area contributed by atoms with E-state index >= 15 is 0 Å². The molecule has 0 radical (unpaired) electrons. The van der Waals surface area contributed by atoms with E-state index in [9.17, 15) is 4.79 Å². The molecule has 3 rings (SSSR count). The van der Waals surface area contributed by atoms with E-state index in [1.807, 2.05) is 37.3 Å². The fourth-order valence-corrected chi connectivity index (χ4v) is 2.57. The van der Waals surface area contributed by atoms with E-state index in [-0.39, 0.29) is 5.56 Å². The molecule has 0 saturated carbocycles. The van der Waals surface area contributed by atoms with Crippen LogP contribution in [0.3, 0.4) is 0 Å². The third kappa shape index (κ3) is 2.25. The Bertz CT molecular complexity index is 842. The lowest BCUT2D eigenvalue weighted by Crippen LogP contribution is -2.13. The number of nitrogens with zero attached hydrogens (tertiary/aromatic N) is 2. The number of halogens is 1. The minimum absolute atomic E-state index is 0.155. The van der Waals surface area contributed by atoms with E-state index in [1.165, 1.54) is 0 Å². The average molecular weight is 330 g/mol. The van der Waals surface area contributed by atoms with Gasteiger partial charge in [0.15, 0.2) is 0 Å². The smallest absolute Gasteiger partial charge is 0.265 e. The summed E-state index contributed by atoms with van der Waals surface area (Å²) in [6.07, 6.45) is 2.46. The molecule has 2 aromatic heterocycles. The van der Waals surface area contributed by atoms with Gasteiger partial charge in [0.25, 0.3) is 5.56 Å². The monoisotopic (exact) mass is 329 g/mol. The van der Waals surface area contributed by atoms with Crippen LogP contribution in [0.5, 0.6) is 0 Å². The van der Waals surface area contributed by atoms with Crippen molar-refractivity contribution >= 4 is 26.8 Å². The summed E-state index contributed by atoms with van der Waals surface area (Å²) in [5.41, 5.74) is 2.41. The minimum atomic E-state index is -0.155. The van der Waals surface area contributed by atoms with E-state index < -0.39 is 0 Å². The maximum Gasteiger partial charge on any atom is 0.265 e. The SMILES string of the molecule is CCc1nc(-c2ccc3ncccc3c2)[nH]c(=O)c1Br. The van der Waals surface area contributed by atoms with Crippen molar-refractivity contribution in [3.05, 3.63) is 57.0 Å². The molecule has 0 aliphatic carbocycles. The Kier molecular flexibility index (Phi) is 3.36. The Balaban J connectivity index is 2.20. The fraction of sp³-hybridized carbons (Fsp3) is 0.133. The highest BCUT2D eigenvalue weighted by molar-refractivity contribution is 9.10. The van der Waals surface area contributed by atoms with Gasteiger partial charge in [-0.25, -0.2) is 4.98 Å². The lowest BCUT2D eigenvalue weighted by atomic mass is 10.1. The summed E-state index contributed by atoms with van der Waals surface area (Å²) in [4.78, 5) is 23.5. The second kappa shape index (κ2) is 5.17. The van der Waals surface area contributed by atoms with Gasteiger partial charge in [0, 0.05) is 17.1 Å². The van der Waals surface area contributed by atoms with E-state index in [0.717, 1.165) is 22.2 Å². The van der Waals surface area contributed by atoms with Gasteiger partial charge in [0.1, 0.15) is 10.3 Å². The Morgan fingerprint density at radius 1 is 1.30 bits per heavy atom. The average Bonchev–Trinajstić information content (AvgIpc) is 2.49. The maximum absolute atomic E-state index is 11.9. The minimum Gasteiger partial charge on any atom is -0.306 e. The molecule has 5 heteroatoms. The summed E-state index contributed by atoms with van der Waals surface area (Å²) in [5, 5.41) is 1.02. The Hall–Kier alpha value is -2.01. The molecule has 1 aromatic carbocycles. The van der Waals surface area contributed by atoms with E-state index in [2.05, 4.69) is 30.9 Å². The largest absolute Gasteiger partial charge is 0.306 e. The molecule has 0 aliphatic rings. The quantitative estimate of drug-likeness (QED) is 0.784. The Morgan fingerprint density at radius 3 is 2.95 bits per heavy atom. The van der Waals surface area contributed by atoms with Crippen LogP contribution in [0.25, 0.3) is 22.3 Å². The fourth-order valence-electron chi connectivity index (χ4n) is 2.10. The third-order valence-corrected chi connectivity index (χ3v) is 3.96. The van der Waals surface area contributed by atoms with Gasteiger partial charge in [0.2, 0.25) is 0 Å². The first-order valence-corrected chi connectivity index (χ1v) is 7.12. The molecule has 0 bridgehead atoms. The second-order valence-corrected chi connectivity index (χ2v) is 5.23. The van der Waals surface area contributed by atoms with Crippen molar-refractivity contribution in [3.63, 3.8) is 0 Å². The van der Waals surface area contributed by atoms with E-state index in [0.29, 0.717) is 16.7 Å². The summed E-state index contributed by atoms with van der Waals surface area (Å²) < 4.78 is 0.506. The number of hydrogen-bond acceptors (Lipinski definition) is 3. The topological polar surface area (TPSA) is 58.6 Å². The second-order valence-electron chi connectivity index (χ2n) is 4.44. The highest BCUT2D eigenvalue weighted by Gasteiger charge is 2.09. The number of pyridine rings is 1. The van der Waals surface area contributed by atoms with Gasteiger partial charge in [-0.1, -0.05) is 13.0 Å². The lowest BCUT2D eigenvalue weighted by Gasteiger charge is -2.06. The summed E-state index contributed by atoms with van der Waals surface area (Å²) >= 11 is 3.27. The molecule has 0 amide bonds. The number of aromatic amines is 1. The molecule has 0 saturated heterocycles. The normalized spacial score (nSPS) is 10.9. The predicted molar refractivity (Wildman–Crippen MR) is 82.7 cm³/mol. The standard InChI is InChI=1S/C15H12BrN3O/c1-2-11-13(16)15(20)19-14(18-11)10-5-6-12-9(8-10)4-3-7-17-12/h3-8H,2H2,1H3,(H,18,19,20). The number of fused-ring (bicyclic) bond motifs is 1. The number of rotatable bonds is 2. The highest BCUT2D eigenvalue weighted by atomic mass is 79.9. The predicted octanol–water partition coefficient (Wildman–Crippen LogP) is 3.31. The molecule has 0 spiro atoms. The van der Waals surface area contributed by atoms with Crippen molar-refractivity contribution in [2.75, 3.05) is 0 Å². The van der Waals surface area contributed by atoms with Crippen molar-refractivity contribution < 1.29 is 0 Å². The van der Waals surface area contributed by atoms with Gasteiger partial charge in [-0.3, -0.25) is 9.78 Å². The number of aromatic nitrogens is 3. The van der Waals surface area contributed by atoms with Crippen LogP contribution in [0.1, 0.15) is 12.6 Å². The van der Waals surface area contributed by atoms with Gasteiger partial charge in [-0.15, -0.1) is 0 Å². The number of hydrogen-bond donors (Lipinski definition) is 1. The van der Waals surface area contributed by atoms with Crippen molar-refractivity contribution in [1.29, 1.82) is 0 Å². The zero-order valence-corrected chi connectivity index (χ0v) is 12.4. The zero-order valence-electron chi connectivity index (χ0n) is 10.9. The molecule has 1 N–H and O–H groups in total. The Labute approximate surface area is 124 Å². The molecule has 0 atom stereocenters. The molecular weight excluding hydrogens is 318 g/mol. The first-order valence-electron chi connectivity index (χ1n) is 6.33. The summed E-state index contributed by atoms with van der Waals surface area (Å²) in [7, 11) is 0. The van der Waals surface area contributed by atoms with Gasteiger partial charge in [-0.05, 0) is 46.6 Å². The van der Waals surface area contributed by atoms with Gasteiger partial charge < -0.3 is 4.98 Å². The summed E-state index contributed by atoms with van der Waals surface area (Å²) in [5.74, 6) is 0.584. The molecule has 4 nitrogen and oxygen atoms in total. The zero-order chi connectivity index (χ0) is 14.1. The van der Waals surface area contributed by atoms with Crippen LogP contribution in [0.4, 0.5) is 0 Å². The van der Waals surface area contributed by atoms with E-state index in [4.69, 9.17) is 0 Å². The number of aryl methyl sites for hydroxylation is 1. The molecule has 0 aliphatic heterocycles. The molecule has 0 unspecified atom stereocenters. The van der Waals surface area contributed by atoms with Crippen LogP contribution in [-0.4, -0.2) is 15.0 Å². The number of nitrogens with one attached hydrogen (secondary N) is 1. The first kappa shape index (κ1) is 13.0. The molecule has 2 heterocycles. The van der Waals surface area contributed by atoms with Crippen LogP contribution in [0.2, 0.25) is 0 Å². The van der Waals surface area contributed by atoms with Crippen LogP contribution in [0, 0.1) is 0 Å². The van der Waals surface area contributed by atoms with Crippen molar-refractivity contribution in [2.24, 2.45) is 0 Å². The summed E-state index contributed by atoms with van der Waals surface area (Å²) in [6.45, 7) is 1.97. The van der Waals surface area contributed by atoms with Crippen LogP contribution in [0.15, 0.2) is 45.8 Å². The number of benzene rings is 1. The van der Waals surface area contributed by atoms with Gasteiger partial charge in [0.05, 0.1) is 11.2 Å². The van der Waals surface area contributed by atoms with Crippen molar-refractivity contribution in [3.8, 4) is 11.4 Å². The molecule has 20 heavy (non-hydrogen) atoms. The van der Waals surface area contributed by atoms with Crippen LogP contribution >= 0.6 is 15.9 Å². The van der Waals surface area contributed by atoms with Gasteiger partial charge >= 0.3 is 0 Å². The molecule has 100 valence electrons.